The van der Waals surface area contributed by atoms with Crippen molar-refractivity contribution < 1.29 is 18.7 Å². The Bertz CT molecular complexity index is 694. The molecule has 1 aromatic carbocycles. The van der Waals surface area contributed by atoms with Gasteiger partial charge in [0.1, 0.15) is 12.0 Å². The second kappa shape index (κ2) is 7.21. The van der Waals surface area contributed by atoms with Crippen molar-refractivity contribution in [3.05, 3.63) is 54.0 Å². The fourth-order valence-electron chi connectivity index (χ4n) is 2.80. The van der Waals surface area contributed by atoms with Crippen molar-refractivity contribution in [2.45, 2.75) is 18.9 Å². The zero-order chi connectivity index (χ0) is 16.9. The van der Waals surface area contributed by atoms with Crippen LogP contribution in [0.25, 0.3) is 0 Å². The highest BCUT2D eigenvalue weighted by molar-refractivity contribution is 5.94. The van der Waals surface area contributed by atoms with Crippen LogP contribution in [0.15, 0.2) is 47.3 Å². The topological polar surface area (TPSA) is 71.8 Å². The van der Waals surface area contributed by atoms with Crippen molar-refractivity contribution >= 4 is 11.8 Å². The lowest BCUT2D eigenvalue weighted by Gasteiger charge is -2.17. The van der Waals surface area contributed by atoms with E-state index in [0.717, 1.165) is 17.7 Å². The molecule has 1 saturated heterocycles. The lowest BCUT2D eigenvalue weighted by molar-refractivity contribution is -0.127. The van der Waals surface area contributed by atoms with Gasteiger partial charge in [0.15, 0.2) is 0 Å². The van der Waals surface area contributed by atoms with Crippen LogP contribution in [0, 0.1) is 0 Å². The van der Waals surface area contributed by atoms with E-state index < -0.39 is 0 Å². The largest absolute Gasteiger partial charge is 0.497 e. The third kappa shape index (κ3) is 3.76. The van der Waals surface area contributed by atoms with Gasteiger partial charge in [-0.25, -0.2) is 0 Å². The highest BCUT2D eigenvalue weighted by Gasteiger charge is 2.30. The van der Waals surface area contributed by atoms with Gasteiger partial charge < -0.3 is 19.4 Å². The van der Waals surface area contributed by atoms with Crippen LogP contribution < -0.4 is 10.1 Å². The molecule has 2 heterocycles. The molecule has 1 aliphatic heterocycles. The molecule has 0 saturated carbocycles. The van der Waals surface area contributed by atoms with Gasteiger partial charge in [-0.2, -0.15) is 0 Å². The Hall–Kier alpha value is -2.76. The maximum Gasteiger partial charge on any atom is 0.254 e. The number of methoxy groups -OCH3 is 1. The molecule has 2 aromatic rings. The molecule has 0 radical (unpaired) electrons. The first-order valence-electron chi connectivity index (χ1n) is 7.89. The van der Waals surface area contributed by atoms with E-state index in [4.69, 9.17) is 9.15 Å². The molecule has 0 spiro atoms. The first-order chi connectivity index (χ1) is 11.7. The summed E-state index contributed by atoms with van der Waals surface area (Å²) in [6, 6.07) is 9.27. The number of hydrogen-bond acceptors (Lipinski definition) is 4. The summed E-state index contributed by atoms with van der Waals surface area (Å²) in [5.41, 5.74) is 1.62. The molecule has 1 aliphatic rings. The van der Waals surface area contributed by atoms with Crippen molar-refractivity contribution in [3.8, 4) is 5.75 Å². The zero-order valence-corrected chi connectivity index (χ0v) is 13.5. The van der Waals surface area contributed by atoms with Gasteiger partial charge in [-0.3, -0.25) is 9.59 Å². The summed E-state index contributed by atoms with van der Waals surface area (Å²) in [6.45, 7) is 1.18. The Labute approximate surface area is 140 Å². The van der Waals surface area contributed by atoms with Crippen molar-refractivity contribution in [1.29, 1.82) is 0 Å². The van der Waals surface area contributed by atoms with Crippen LogP contribution in [0.2, 0.25) is 0 Å². The van der Waals surface area contributed by atoms with E-state index in [1.165, 1.54) is 12.5 Å². The number of nitrogens with zero attached hydrogens (tertiary/aromatic N) is 1. The third-order valence-electron chi connectivity index (χ3n) is 4.16. The smallest absolute Gasteiger partial charge is 0.254 e. The summed E-state index contributed by atoms with van der Waals surface area (Å²) < 4.78 is 10.0. The van der Waals surface area contributed by atoms with Crippen molar-refractivity contribution in [2.75, 3.05) is 20.2 Å². The number of ether oxygens (including phenoxy) is 1. The van der Waals surface area contributed by atoms with E-state index in [0.29, 0.717) is 25.1 Å². The molecule has 1 N–H and O–H groups in total. The predicted molar refractivity (Wildman–Crippen MR) is 87.9 cm³/mol. The van der Waals surface area contributed by atoms with E-state index >= 15 is 0 Å². The van der Waals surface area contributed by atoms with Crippen molar-refractivity contribution in [1.82, 2.24) is 10.2 Å². The van der Waals surface area contributed by atoms with Crippen LogP contribution in [0.3, 0.4) is 0 Å². The van der Waals surface area contributed by atoms with Crippen molar-refractivity contribution in [2.24, 2.45) is 0 Å². The maximum absolute atomic E-state index is 12.1. The summed E-state index contributed by atoms with van der Waals surface area (Å²) in [6.07, 6.45) is 3.97. The average Bonchev–Trinajstić information content (AvgIpc) is 3.23. The van der Waals surface area contributed by atoms with Gasteiger partial charge in [-0.1, -0.05) is 12.1 Å². The predicted octanol–water partition coefficient (Wildman–Crippen LogP) is 1.86. The minimum atomic E-state index is -0.210. The quantitative estimate of drug-likeness (QED) is 0.878. The van der Waals surface area contributed by atoms with E-state index in [9.17, 15) is 9.59 Å². The summed E-state index contributed by atoms with van der Waals surface area (Å²) in [4.78, 5) is 25.9. The number of rotatable bonds is 6. The molecule has 126 valence electrons. The monoisotopic (exact) mass is 328 g/mol. The van der Waals surface area contributed by atoms with Crippen LogP contribution in [0.5, 0.6) is 5.75 Å². The number of likely N-dealkylation sites (tertiary alicyclic amines) is 1. The minimum Gasteiger partial charge on any atom is -0.497 e. The standard InChI is InChI=1S/C18H20N2O4/c1-23-16-4-2-13(3-5-16)6-8-20-11-15(10-17(20)21)19-18(22)14-7-9-24-12-14/h2-5,7,9,12,15H,6,8,10-11H2,1H3,(H,19,22)/t15-/m1/s1. The van der Waals surface area contributed by atoms with E-state index in [2.05, 4.69) is 5.32 Å². The highest BCUT2D eigenvalue weighted by atomic mass is 16.5. The zero-order valence-electron chi connectivity index (χ0n) is 13.5. The van der Waals surface area contributed by atoms with Gasteiger partial charge in [-0.05, 0) is 30.2 Å². The van der Waals surface area contributed by atoms with Gasteiger partial charge in [0.05, 0.1) is 25.0 Å². The Morgan fingerprint density at radius 1 is 1.33 bits per heavy atom. The Morgan fingerprint density at radius 3 is 2.79 bits per heavy atom. The van der Waals surface area contributed by atoms with Gasteiger partial charge in [-0.15, -0.1) is 0 Å². The first-order valence-corrected chi connectivity index (χ1v) is 7.89. The van der Waals surface area contributed by atoms with Crippen LogP contribution in [-0.2, 0) is 11.2 Å². The second-order valence-electron chi connectivity index (χ2n) is 5.82. The third-order valence-corrected chi connectivity index (χ3v) is 4.16. The average molecular weight is 328 g/mol. The Morgan fingerprint density at radius 2 is 2.12 bits per heavy atom. The Kier molecular flexibility index (Phi) is 4.84. The SMILES string of the molecule is COc1ccc(CCN2C[C@H](NC(=O)c3ccoc3)CC2=O)cc1. The number of carbonyl (C=O) groups is 2. The molecule has 0 bridgehead atoms. The number of carbonyl (C=O) groups excluding carboxylic acids is 2. The molecule has 1 fully saturated rings. The van der Waals surface area contributed by atoms with Gasteiger partial charge in [0.25, 0.3) is 5.91 Å². The molecule has 24 heavy (non-hydrogen) atoms. The van der Waals surface area contributed by atoms with Crippen LogP contribution in [0.1, 0.15) is 22.3 Å². The maximum atomic E-state index is 12.1. The number of nitrogens with one attached hydrogen (secondary N) is 1. The first kappa shape index (κ1) is 16.1. The number of furan rings is 1. The van der Waals surface area contributed by atoms with Gasteiger partial charge in [0.2, 0.25) is 5.91 Å². The number of hydrogen-bond donors (Lipinski definition) is 1. The van der Waals surface area contributed by atoms with E-state index in [-0.39, 0.29) is 17.9 Å². The minimum absolute atomic E-state index is 0.0704. The van der Waals surface area contributed by atoms with Gasteiger partial charge >= 0.3 is 0 Å². The normalized spacial score (nSPS) is 17.1. The van der Waals surface area contributed by atoms with Gasteiger partial charge in [0, 0.05) is 19.5 Å². The van der Waals surface area contributed by atoms with Crippen LogP contribution in [0.4, 0.5) is 0 Å². The summed E-state index contributed by atoms with van der Waals surface area (Å²) in [7, 11) is 1.63. The summed E-state index contributed by atoms with van der Waals surface area (Å²) in [5.74, 6) is 0.678. The molecule has 3 rings (SSSR count). The van der Waals surface area contributed by atoms with E-state index in [1.54, 1.807) is 18.1 Å². The summed E-state index contributed by atoms with van der Waals surface area (Å²) >= 11 is 0. The molecule has 6 heteroatoms. The Balaban J connectivity index is 1.50. The fourth-order valence-corrected chi connectivity index (χ4v) is 2.80. The van der Waals surface area contributed by atoms with Crippen molar-refractivity contribution in [3.63, 3.8) is 0 Å². The molecule has 0 unspecified atom stereocenters. The second-order valence-corrected chi connectivity index (χ2v) is 5.82. The molecule has 6 nitrogen and oxygen atoms in total. The molecule has 1 atom stereocenters. The summed E-state index contributed by atoms with van der Waals surface area (Å²) in [5, 5.41) is 2.88. The molecule has 2 amide bonds. The highest BCUT2D eigenvalue weighted by Crippen LogP contribution is 2.15. The van der Waals surface area contributed by atoms with Crippen LogP contribution in [-0.4, -0.2) is 43.0 Å². The lowest BCUT2D eigenvalue weighted by atomic mass is 10.1. The lowest BCUT2D eigenvalue weighted by Crippen LogP contribution is -2.37. The van der Waals surface area contributed by atoms with E-state index in [1.807, 2.05) is 24.3 Å². The van der Waals surface area contributed by atoms with Crippen LogP contribution >= 0.6 is 0 Å². The molecule has 1 aromatic heterocycles. The number of amides is 2. The fraction of sp³-hybridized carbons (Fsp3) is 0.333. The number of benzene rings is 1. The molecular formula is C18H20N2O4. The molecule has 0 aliphatic carbocycles. The molecular weight excluding hydrogens is 308 g/mol.